The second-order valence-corrected chi connectivity index (χ2v) is 2.83. The predicted octanol–water partition coefficient (Wildman–Crippen LogP) is 0.0825. The number of aryl methyl sites for hydroxylation is 2. The zero-order valence-electron chi connectivity index (χ0n) is 7.68. The molecule has 0 radical (unpaired) electrons. The summed E-state index contributed by atoms with van der Waals surface area (Å²) >= 11 is 0. The summed E-state index contributed by atoms with van der Waals surface area (Å²) in [7, 11) is 1.98. The van der Waals surface area contributed by atoms with Gasteiger partial charge < -0.3 is 0 Å². The van der Waals surface area contributed by atoms with E-state index >= 15 is 0 Å². The fourth-order valence-corrected chi connectivity index (χ4v) is 1.24. The molecule has 0 aromatic carbocycles. The second kappa shape index (κ2) is 3.40. The fraction of sp³-hybridized carbons (Fsp3) is 0.333. The molecule has 0 saturated heterocycles. The zero-order chi connectivity index (χ0) is 9.14. The third kappa shape index (κ3) is 1.48. The molecule has 1 heterocycles. The molecule has 1 aromatic heterocycles. The Kier molecular flexibility index (Phi) is 2.49. The highest BCUT2D eigenvalue weighted by atomic mass is 14.7. The van der Waals surface area contributed by atoms with Crippen LogP contribution in [0.4, 0.5) is 0 Å². The van der Waals surface area contributed by atoms with Crippen LogP contribution in [0.1, 0.15) is 23.7 Å². The lowest BCUT2D eigenvalue weighted by molar-refractivity contribution is 1.10. The lowest BCUT2D eigenvalue weighted by atomic mass is 9.94. The molecule has 0 N–H and O–H groups in total. The highest BCUT2D eigenvalue weighted by molar-refractivity contribution is 6.31. The van der Waals surface area contributed by atoms with E-state index in [0.29, 0.717) is 5.56 Å². The van der Waals surface area contributed by atoms with Crippen molar-refractivity contribution in [2.75, 3.05) is 0 Å². The lowest BCUT2D eigenvalue weighted by Gasteiger charge is -2.04. The quantitative estimate of drug-likeness (QED) is 0.542. The average molecular weight is 158 g/mol. The van der Waals surface area contributed by atoms with Crippen LogP contribution in [0.5, 0.6) is 0 Å². The highest BCUT2D eigenvalue weighted by Crippen LogP contribution is 2.04. The van der Waals surface area contributed by atoms with Crippen molar-refractivity contribution >= 4 is 13.4 Å². The summed E-state index contributed by atoms with van der Waals surface area (Å²) in [5.41, 5.74) is 3.72. The summed E-state index contributed by atoms with van der Waals surface area (Å²) in [4.78, 5) is 4.29. The van der Waals surface area contributed by atoms with Gasteiger partial charge in [-0.05, 0) is 30.6 Å². The zero-order valence-corrected chi connectivity index (χ0v) is 7.68. The predicted molar refractivity (Wildman–Crippen MR) is 51.2 cm³/mol. The molecule has 0 atom stereocenters. The Morgan fingerprint density at radius 3 is 2.83 bits per heavy atom. The Hall–Kier alpha value is -1.30. The minimum absolute atomic E-state index is 0.692. The van der Waals surface area contributed by atoms with Gasteiger partial charge >= 0.3 is 0 Å². The topological polar surface area (TPSA) is 36.7 Å². The maximum absolute atomic E-state index is 8.74. The molecule has 0 saturated carbocycles. The van der Waals surface area contributed by atoms with Gasteiger partial charge in [0.1, 0.15) is 6.07 Å². The van der Waals surface area contributed by atoms with E-state index in [1.165, 1.54) is 0 Å². The van der Waals surface area contributed by atoms with Gasteiger partial charge in [-0.15, -0.1) is 0 Å². The first-order valence-electron chi connectivity index (χ1n) is 4.06. The van der Waals surface area contributed by atoms with Crippen molar-refractivity contribution in [2.45, 2.75) is 20.3 Å². The van der Waals surface area contributed by atoms with Crippen LogP contribution in [0, 0.1) is 18.3 Å². The van der Waals surface area contributed by atoms with E-state index in [2.05, 4.69) is 18.0 Å². The summed E-state index contributed by atoms with van der Waals surface area (Å²) in [6.07, 6.45) is 0.938. The SMILES string of the molecule is Bc1nc(C)c(C#N)cc1CC. The van der Waals surface area contributed by atoms with Crippen LogP contribution in [-0.2, 0) is 6.42 Å². The van der Waals surface area contributed by atoms with Crippen LogP contribution < -0.4 is 5.59 Å². The molecule has 1 rings (SSSR count). The summed E-state index contributed by atoms with van der Waals surface area (Å²) < 4.78 is 0. The molecule has 0 spiro atoms. The maximum Gasteiger partial charge on any atom is 0.164 e. The molecule has 1 aromatic rings. The summed E-state index contributed by atoms with van der Waals surface area (Å²) in [5, 5.41) is 8.74. The van der Waals surface area contributed by atoms with Crippen molar-refractivity contribution in [3.8, 4) is 6.07 Å². The van der Waals surface area contributed by atoms with E-state index in [1.54, 1.807) is 0 Å². The van der Waals surface area contributed by atoms with Gasteiger partial charge in [0.05, 0.1) is 11.3 Å². The minimum atomic E-state index is 0.692. The van der Waals surface area contributed by atoms with Crippen molar-refractivity contribution in [1.29, 1.82) is 5.26 Å². The Labute approximate surface area is 73.7 Å². The third-order valence-electron chi connectivity index (χ3n) is 2.01. The van der Waals surface area contributed by atoms with Crippen molar-refractivity contribution in [3.63, 3.8) is 0 Å². The largest absolute Gasteiger partial charge is 0.267 e. The van der Waals surface area contributed by atoms with E-state index in [-0.39, 0.29) is 0 Å². The Bertz CT molecular complexity index is 339. The van der Waals surface area contributed by atoms with Crippen LogP contribution in [0.25, 0.3) is 0 Å². The first-order chi connectivity index (χ1) is 5.69. The first kappa shape index (κ1) is 8.80. The molecule has 0 unspecified atom stereocenters. The summed E-state index contributed by atoms with van der Waals surface area (Å²) in [6.45, 7) is 3.94. The van der Waals surface area contributed by atoms with Crippen LogP contribution in [0.15, 0.2) is 6.07 Å². The number of rotatable bonds is 1. The standard InChI is InChI=1S/C9H11BN2/c1-3-7-4-8(5-11)6(2)12-9(7)10/h4H,3,10H2,1-2H3. The van der Waals surface area contributed by atoms with Gasteiger partial charge in [0.25, 0.3) is 0 Å². The van der Waals surface area contributed by atoms with Crippen LogP contribution >= 0.6 is 0 Å². The van der Waals surface area contributed by atoms with E-state index < -0.39 is 0 Å². The molecule has 12 heavy (non-hydrogen) atoms. The van der Waals surface area contributed by atoms with E-state index in [1.807, 2.05) is 20.8 Å². The third-order valence-corrected chi connectivity index (χ3v) is 2.01. The smallest absolute Gasteiger partial charge is 0.164 e. The van der Waals surface area contributed by atoms with Gasteiger partial charge in [0.15, 0.2) is 7.85 Å². The van der Waals surface area contributed by atoms with Crippen molar-refractivity contribution in [3.05, 3.63) is 22.9 Å². The molecule has 3 heteroatoms. The van der Waals surface area contributed by atoms with E-state index in [0.717, 1.165) is 23.3 Å². The molecule has 2 nitrogen and oxygen atoms in total. The van der Waals surface area contributed by atoms with Crippen molar-refractivity contribution in [1.82, 2.24) is 4.98 Å². The average Bonchev–Trinajstić information content (AvgIpc) is 2.05. The first-order valence-corrected chi connectivity index (χ1v) is 4.06. The van der Waals surface area contributed by atoms with E-state index in [9.17, 15) is 0 Å². The molecular formula is C9H11BN2. The second-order valence-electron chi connectivity index (χ2n) is 2.83. The Morgan fingerprint density at radius 1 is 1.67 bits per heavy atom. The minimum Gasteiger partial charge on any atom is -0.267 e. The van der Waals surface area contributed by atoms with Crippen molar-refractivity contribution < 1.29 is 0 Å². The number of hydrogen-bond donors (Lipinski definition) is 0. The Morgan fingerprint density at radius 2 is 2.33 bits per heavy atom. The van der Waals surface area contributed by atoms with Gasteiger partial charge in [0, 0.05) is 0 Å². The summed E-state index contributed by atoms with van der Waals surface area (Å²) in [5.74, 6) is 0. The van der Waals surface area contributed by atoms with Crippen LogP contribution in [0.3, 0.4) is 0 Å². The molecule has 0 amide bonds. The molecule has 0 fully saturated rings. The molecule has 0 aliphatic heterocycles. The van der Waals surface area contributed by atoms with Gasteiger partial charge in [0.2, 0.25) is 0 Å². The Balaban J connectivity index is 3.30. The monoisotopic (exact) mass is 158 g/mol. The van der Waals surface area contributed by atoms with Crippen LogP contribution in [0.2, 0.25) is 0 Å². The molecule has 0 aliphatic carbocycles. The molecule has 0 aliphatic rings. The molecule has 60 valence electrons. The fourth-order valence-electron chi connectivity index (χ4n) is 1.24. The van der Waals surface area contributed by atoms with Crippen LogP contribution in [-0.4, -0.2) is 12.8 Å². The number of nitrogens with zero attached hydrogens (tertiary/aromatic N) is 2. The normalized spacial score (nSPS) is 9.42. The molecular weight excluding hydrogens is 147 g/mol. The van der Waals surface area contributed by atoms with Gasteiger partial charge in [-0.1, -0.05) is 6.92 Å². The van der Waals surface area contributed by atoms with Crippen molar-refractivity contribution in [2.24, 2.45) is 0 Å². The lowest BCUT2D eigenvalue weighted by Crippen LogP contribution is -2.16. The number of aromatic nitrogens is 1. The number of hydrogen-bond acceptors (Lipinski definition) is 2. The highest BCUT2D eigenvalue weighted by Gasteiger charge is 2.02. The summed E-state index contributed by atoms with van der Waals surface area (Å²) in [6, 6.07) is 4.06. The number of pyridine rings is 1. The molecule has 0 bridgehead atoms. The maximum atomic E-state index is 8.74. The van der Waals surface area contributed by atoms with Gasteiger partial charge in [-0.3, -0.25) is 4.98 Å². The van der Waals surface area contributed by atoms with E-state index in [4.69, 9.17) is 5.26 Å². The van der Waals surface area contributed by atoms with Gasteiger partial charge in [-0.25, -0.2) is 0 Å². The van der Waals surface area contributed by atoms with Gasteiger partial charge in [-0.2, -0.15) is 5.26 Å². The number of nitriles is 1.